The van der Waals surface area contributed by atoms with Crippen LogP contribution in [0, 0.1) is 17.0 Å². The summed E-state index contributed by atoms with van der Waals surface area (Å²) in [4.78, 5) is 33.5. The van der Waals surface area contributed by atoms with Gasteiger partial charge in [-0.05, 0) is 25.8 Å². The molecule has 2 heterocycles. The monoisotopic (exact) mass is 404 g/mol. The number of amides is 1. The first-order valence-electron chi connectivity index (χ1n) is 9.00. The molecule has 0 atom stereocenters. The van der Waals surface area contributed by atoms with Gasteiger partial charge >= 0.3 is 0 Å². The molecule has 28 heavy (non-hydrogen) atoms. The fraction of sp³-hybridized carbons (Fsp3) is 0.389. The lowest BCUT2D eigenvalue weighted by atomic mass is 10.2. The fourth-order valence-electron chi connectivity index (χ4n) is 2.99. The highest BCUT2D eigenvalue weighted by atomic mass is 35.5. The first-order valence-corrected chi connectivity index (χ1v) is 9.38. The van der Waals surface area contributed by atoms with Crippen LogP contribution in [0.5, 0.6) is 0 Å². The molecular weight excluding hydrogens is 384 g/mol. The molecule has 1 aromatic heterocycles. The number of anilines is 2. The Kier molecular flexibility index (Phi) is 6.25. The zero-order valence-corrected chi connectivity index (χ0v) is 16.2. The first-order chi connectivity index (χ1) is 13.4. The van der Waals surface area contributed by atoms with E-state index >= 15 is 0 Å². The number of aryl methyl sites for hydroxylation is 1. The molecular formula is C18H21ClN6O3. The molecule has 1 aliphatic rings. The summed E-state index contributed by atoms with van der Waals surface area (Å²) in [5.74, 6) is 1.03. The second kappa shape index (κ2) is 8.83. The van der Waals surface area contributed by atoms with E-state index in [0.717, 1.165) is 30.7 Å². The van der Waals surface area contributed by atoms with Crippen molar-refractivity contribution in [1.82, 2.24) is 15.3 Å². The Bertz CT molecular complexity index is 886. The largest absolute Gasteiger partial charge is 0.356 e. The third-order valence-electron chi connectivity index (χ3n) is 4.37. The lowest BCUT2D eigenvalue weighted by molar-refractivity contribution is -0.384. The van der Waals surface area contributed by atoms with Gasteiger partial charge in [0.05, 0.1) is 15.5 Å². The molecule has 10 heteroatoms. The van der Waals surface area contributed by atoms with E-state index in [9.17, 15) is 14.9 Å². The lowest BCUT2D eigenvalue weighted by Crippen LogP contribution is -2.29. The Morgan fingerprint density at radius 3 is 2.68 bits per heavy atom. The van der Waals surface area contributed by atoms with Crippen molar-refractivity contribution in [3.63, 3.8) is 0 Å². The van der Waals surface area contributed by atoms with Crippen molar-refractivity contribution in [2.45, 2.75) is 19.8 Å². The molecule has 1 saturated heterocycles. The summed E-state index contributed by atoms with van der Waals surface area (Å²) >= 11 is 5.97. The van der Waals surface area contributed by atoms with E-state index in [4.69, 9.17) is 11.6 Å². The maximum absolute atomic E-state index is 12.2. The van der Waals surface area contributed by atoms with Crippen molar-refractivity contribution in [2.75, 3.05) is 36.4 Å². The predicted molar refractivity (Wildman–Crippen MR) is 107 cm³/mol. The van der Waals surface area contributed by atoms with Crippen molar-refractivity contribution >= 4 is 35.0 Å². The van der Waals surface area contributed by atoms with Gasteiger partial charge in [-0.1, -0.05) is 11.6 Å². The fourth-order valence-corrected chi connectivity index (χ4v) is 3.25. The van der Waals surface area contributed by atoms with Crippen LogP contribution in [-0.4, -0.2) is 47.0 Å². The number of nitro benzene ring substituents is 1. The smallest absolute Gasteiger partial charge is 0.270 e. The van der Waals surface area contributed by atoms with Crippen LogP contribution in [0.4, 0.5) is 17.5 Å². The summed E-state index contributed by atoms with van der Waals surface area (Å²) in [6.45, 7) is 4.68. The van der Waals surface area contributed by atoms with Crippen LogP contribution in [0.25, 0.3) is 0 Å². The van der Waals surface area contributed by atoms with Crippen LogP contribution in [0.15, 0.2) is 24.3 Å². The van der Waals surface area contributed by atoms with Crippen LogP contribution >= 0.6 is 11.6 Å². The number of nitro groups is 1. The summed E-state index contributed by atoms with van der Waals surface area (Å²) in [5.41, 5.74) is 0.908. The highest BCUT2D eigenvalue weighted by Gasteiger charge is 2.16. The number of hydrogen-bond donors (Lipinski definition) is 2. The molecule has 1 fully saturated rings. The number of benzene rings is 1. The quantitative estimate of drug-likeness (QED) is 0.414. The Hall–Kier alpha value is -2.94. The molecule has 0 spiro atoms. The van der Waals surface area contributed by atoms with Gasteiger partial charge in [-0.2, -0.15) is 4.98 Å². The molecule has 9 nitrogen and oxygen atoms in total. The van der Waals surface area contributed by atoms with E-state index in [2.05, 4.69) is 25.5 Å². The van der Waals surface area contributed by atoms with E-state index in [1.54, 1.807) is 0 Å². The standard InChI is InChI=1S/C18H21ClN6O3/c1-12-10-16(24-8-2-3-9-24)23-18(22-12)21-7-6-20-17(26)14-5-4-13(25(27)28)11-15(14)19/h4-5,10-11H,2-3,6-9H2,1H3,(H,20,26)(H,21,22,23). The molecule has 0 saturated carbocycles. The number of nitrogens with zero attached hydrogens (tertiary/aromatic N) is 4. The van der Waals surface area contributed by atoms with Gasteiger partial charge in [0.15, 0.2) is 0 Å². The number of aromatic nitrogens is 2. The van der Waals surface area contributed by atoms with Gasteiger partial charge < -0.3 is 15.5 Å². The number of carbonyl (C=O) groups excluding carboxylic acids is 1. The number of halogens is 1. The topological polar surface area (TPSA) is 113 Å². The maximum Gasteiger partial charge on any atom is 0.270 e. The molecule has 0 aliphatic carbocycles. The van der Waals surface area contributed by atoms with Crippen LogP contribution in [-0.2, 0) is 0 Å². The molecule has 1 amide bonds. The second-order valence-electron chi connectivity index (χ2n) is 6.49. The van der Waals surface area contributed by atoms with Crippen LogP contribution in [0.1, 0.15) is 28.9 Å². The SMILES string of the molecule is Cc1cc(N2CCCC2)nc(NCCNC(=O)c2ccc([N+](=O)[O-])cc2Cl)n1. The van der Waals surface area contributed by atoms with E-state index in [1.807, 2.05) is 13.0 Å². The van der Waals surface area contributed by atoms with Crippen molar-refractivity contribution in [2.24, 2.45) is 0 Å². The number of carbonyl (C=O) groups is 1. The maximum atomic E-state index is 12.2. The minimum absolute atomic E-state index is 0.0388. The van der Waals surface area contributed by atoms with Gasteiger partial charge in [-0.25, -0.2) is 4.98 Å². The van der Waals surface area contributed by atoms with E-state index in [-0.39, 0.29) is 16.3 Å². The normalized spacial score (nSPS) is 13.4. The highest BCUT2D eigenvalue weighted by Crippen LogP contribution is 2.22. The molecule has 0 bridgehead atoms. The van der Waals surface area contributed by atoms with Crippen molar-refractivity contribution < 1.29 is 9.72 Å². The van der Waals surface area contributed by atoms with Crippen LogP contribution in [0.2, 0.25) is 5.02 Å². The lowest BCUT2D eigenvalue weighted by Gasteiger charge is -2.17. The number of hydrogen-bond acceptors (Lipinski definition) is 7. The summed E-state index contributed by atoms with van der Waals surface area (Å²) < 4.78 is 0. The van der Waals surface area contributed by atoms with Crippen molar-refractivity contribution in [1.29, 1.82) is 0 Å². The number of rotatable bonds is 7. The third-order valence-corrected chi connectivity index (χ3v) is 4.69. The number of non-ortho nitro benzene ring substituents is 1. The first kappa shape index (κ1) is 19.8. The number of nitrogens with one attached hydrogen (secondary N) is 2. The molecule has 1 aromatic carbocycles. The summed E-state index contributed by atoms with van der Waals surface area (Å²) in [6.07, 6.45) is 2.34. The molecule has 0 radical (unpaired) electrons. The summed E-state index contributed by atoms with van der Waals surface area (Å²) in [7, 11) is 0. The van der Waals surface area contributed by atoms with Gasteiger partial charge in [0, 0.05) is 50.1 Å². The summed E-state index contributed by atoms with van der Waals surface area (Å²) in [5, 5.41) is 16.6. The molecule has 2 N–H and O–H groups in total. The van der Waals surface area contributed by atoms with Gasteiger partial charge in [-0.3, -0.25) is 14.9 Å². The third kappa shape index (κ3) is 4.86. The van der Waals surface area contributed by atoms with Gasteiger partial charge in [0.1, 0.15) is 5.82 Å². The van der Waals surface area contributed by atoms with Gasteiger partial charge in [-0.15, -0.1) is 0 Å². The van der Waals surface area contributed by atoms with Crippen molar-refractivity contribution in [3.8, 4) is 0 Å². The van der Waals surface area contributed by atoms with E-state index < -0.39 is 10.8 Å². The second-order valence-corrected chi connectivity index (χ2v) is 6.90. The average molecular weight is 405 g/mol. The molecule has 0 unspecified atom stereocenters. The van der Waals surface area contributed by atoms with E-state index in [0.29, 0.717) is 19.0 Å². The molecule has 2 aromatic rings. The zero-order chi connectivity index (χ0) is 20.1. The molecule has 3 rings (SSSR count). The predicted octanol–water partition coefficient (Wildman–Crippen LogP) is 2.79. The molecule has 1 aliphatic heterocycles. The van der Waals surface area contributed by atoms with Crippen molar-refractivity contribution in [3.05, 3.63) is 50.7 Å². The minimum atomic E-state index is -0.560. The Morgan fingerprint density at radius 1 is 1.25 bits per heavy atom. The van der Waals surface area contributed by atoms with Crippen LogP contribution in [0.3, 0.4) is 0 Å². The summed E-state index contributed by atoms with van der Waals surface area (Å²) in [6, 6.07) is 5.72. The zero-order valence-electron chi connectivity index (χ0n) is 15.4. The van der Waals surface area contributed by atoms with E-state index in [1.165, 1.54) is 25.0 Å². The van der Waals surface area contributed by atoms with Gasteiger partial charge in [0.25, 0.3) is 11.6 Å². The Labute approximate surface area is 167 Å². The highest BCUT2D eigenvalue weighted by molar-refractivity contribution is 6.34. The molecule has 148 valence electrons. The Morgan fingerprint density at radius 2 is 2.00 bits per heavy atom. The Balaban J connectivity index is 1.53. The average Bonchev–Trinajstić information content (AvgIpc) is 3.19. The minimum Gasteiger partial charge on any atom is -0.356 e. The van der Waals surface area contributed by atoms with Crippen LogP contribution < -0.4 is 15.5 Å². The van der Waals surface area contributed by atoms with Gasteiger partial charge in [0.2, 0.25) is 5.95 Å².